The summed E-state index contributed by atoms with van der Waals surface area (Å²) in [4.78, 5) is 32.9. The lowest BCUT2D eigenvalue weighted by molar-refractivity contribution is -0.129. The Morgan fingerprint density at radius 2 is 1.87 bits per heavy atom. The van der Waals surface area contributed by atoms with Crippen LogP contribution in [-0.2, 0) is 26.0 Å². The van der Waals surface area contributed by atoms with Crippen LogP contribution in [0.1, 0.15) is 30.7 Å². The number of amides is 2. The molecular weight excluding hydrogens is 416 g/mol. The third-order valence-electron chi connectivity index (χ3n) is 5.46. The maximum atomic E-state index is 12.5. The van der Waals surface area contributed by atoms with E-state index in [9.17, 15) is 18.0 Å². The van der Waals surface area contributed by atoms with Crippen LogP contribution in [-0.4, -0.2) is 42.5 Å². The Morgan fingerprint density at radius 1 is 1.16 bits per heavy atom. The zero-order chi connectivity index (χ0) is 22.2. The molecule has 31 heavy (non-hydrogen) atoms. The Labute approximate surface area is 180 Å². The molecule has 1 saturated carbocycles. The van der Waals surface area contributed by atoms with E-state index in [1.165, 1.54) is 12.1 Å². The zero-order valence-electron chi connectivity index (χ0n) is 17.3. The van der Waals surface area contributed by atoms with Gasteiger partial charge in [-0.3, -0.25) is 9.59 Å². The summed E-state index contributed by atoms with van der Waals surface area (Å²) < 4.78 is 23.0. The number of hydrogen-bond donors (Lipinski definition) is 3. The number of benzene rings is 2. The van der Waals surface area contributed by atoms with Gasteiger partial charge in [0.1, 0.15) is 11.9 Å². The molecule has 1 fully saturated rings. The van der Waals surface area contributed by atoms with E-state index in [1.807, 2.05) is 24.3 Å². The molecule has 2 amide bonds. The highest BCUT2D eigenvalue weighted by Crippen LogP contribution is 2.46. The lowest BCUT2D eigenvalue weighted by Crippen LogP contribution is -2.45. The number of rotatable bonds is 7. The second kappa shape index (κ2) is 8.14. The second-order valence-electron chi connectivity index (χ2n) is 7.95. The van der Waals surface area contributed by atoms with Crippen LogP contribution >= 0.6 is 0 Å². The number of nitrogens with zero attached hydrogens (tertiary/aromatic N) is 1. The fraction of sp³-hybridized carbons (Fsp3) is 0.318. The van der Waals surface area contributed by atoms with Crippen molar-refractivity contribution < 1.29 is 18.0 Å². The van der Waals surface area contributed by atoms with Gasteiger partial charge in [-0.25, -0.2) is 13.4 Å². The molecule has 3 N–H and O–H groups in total. The second-order valence-corrected chi connectivity index (χ2v) is 9.97. The van der Waals surface area contributed by atoms with E-state index in [2.05, 4.69) is 20.6 Å². The van der Waals surface area contributed by atoms with Gasteiger partial charge in [-0.2, -0.15) is 0 Å². The number of hydrogen-bond acceptors (Lipinski definition) is 5. The summed E-state index contributed by atoms with van der Waals surface area (Å²) in [6.45, 7) is 1.88. The Hall–Kier alpha value is -3.20. The molecule has 1 aromatic heterocycles. The molecule has 1 heterocycles. The van der Waals surface area contributed by atoms with Crippen molar-refractivity contribution in [2.45, 2.75) is 36.7 Å². The first kappa shape index (κ1) is 21.0. The van der Waals surface area contributed by atoms with Gasteiger partial charge in [0, 0.05) is 24.6 Å². The molecule has 0 aliphatic heterocycles. The van der Waals surface area contributed by atoms with E-state index in [1.54, 1.807) is 19.1 Å². The number of fused-ring (bicyclic) bond motifs is 1. The average Bonchev–Trinajstić information content (AvgIpc) is 3.43. The highest BCUT2D eigenvalue weighted by atomic mass is 32.2. The van der Waals surface area contributed by atoms with Crippen molar-refractivity contribution in [3.05, 3.63) is 59.9 Å². The first-order valence-corrected chi connectivity index (χ1v) is 11.9. The summed E-state index contributed by atoms with van der Waals surface area (Å²) in [5.41, 5.74) is 2.59. The number of aromatic nitrogens is 2. The minimum atomic E-state index is -3.25. The number of carbonyl (C=O) groups excluding carboxylic acids is 2. The molecular formula is C22H24N4O4S. The summed E-state index contributed by atoms with van der Waals surface area (Å²) in [6.07, 6.45) is 1.85. The van der Waals surface area contributed by atoms with Crippen molar-refractivity contribution in [2.75, 3.05) is 6.26 Å². The SMILES string of the molecule is C[C@@H](NC(=O)[C@H]1C[C@@H]1c1nc2ccccc2[nH]1)C(=O)NCc1ccc(S(C)(=O)=O)cc1. The molecule has 162 valence electrons. The minimum absolute atomic E-state index is 0.0380. The third kappa shape index (κ3) is 4.77. The number of carbonyl (C=O) groups is 2. The van der Waals surface area contributed by atoms with E-state index >= 15 is 0 Å². The molecule has 0 spiro atoms. The molecule has 0 bridgehead atoms. The van der Waals surface area contributed by atoms with E-state index in [0.29, 0.717) is 6.42 Å². The van der Waals surface area contributed by atoms with Crippen LogP contribution in [0.25, 0.3) is 11.0 Å². The largest absolute Gasteiger partial charge is 0.350 e. The third-order valence-corrected chi connectivity index (χ3v) is 6.58. The average molecular weight is 441 g/mol. The summed E-state index contributed by atoms with van der Waals surface area (Å²) >= 11 is 0. The van der Waals surface area contributed by atoms with Crippen LogP contribution in [0.2, 0.25) is 0 Å². The standard InChI is InChI=1S/C22H24N4O4S/c1-13(21(27)23-12-14-7-9-15(10-8-14)31(2,29)30)24-22(28)17-11-16(17)20-25-18-5-3-4-6-19(18)26-20/h3-10,13,16-17H,11-12H2,1-2H3,(H,23,27)(H,24,28)(H,25,26)/t13-,16+,17+/m1/s1. The summed E-state index contributed by atoms with van der Waals surface area (Å²) in [5.74, 6) is 0.179. The Morgan fingerprint density at radius 3 is 2.55 bits per heavy atom. The molecule has 3 atom stereocenters. The van der Waals surface area contributed by atoms with Gasteiger partial charge in [0.05, 0.1) is 15.9 Å². The summed E-state index contributed by atoms with van der Waals surface area (Å²) in [7, 11) is -3.25. The summed E-state index contributed by atoms with van der Waals surface area (Å²) in [5, 5.41) is 5.53. The van der Waals surface area contributed by atoms with Crippen molar-refractivity contribution >= 4 is 32.7 Å². The van der Waals surface area contributed by atoms with Gasteiger partial charge in [0.15, 0.2) is 9.84 Å². The fourth-order valence-corrected chi connectivity index (χ4v) is 4.15. The quantitative estimate of drug-likeness (QED) is 0.518. The van der Waals surface area contributed by atoms with Gasteiger partial charge in [0.2, 0.25) is 11.8 Å². The molecule has 4 rings (SSSR count). The van der Waals surface area contributed by atoms with Crippen molar-refractivity contribution in [1.29, 1.82) is 0 Å². The molecule has 1 aliphatic carbocycles. The minimum Gasteiger partial charge on any atom is -0.350 e. The van der Waals surface area contributed by atoms with E-state index in [4.69, 9.17) is 0 Å². The number of H-pyrrole nitrogens is 1. The van der Waals surface area contributed by atoms with Crippen LogP contribution in [0.3, 0.4) is 0 Å². The first-order chi connectivity index (χ1) is 14.7. The molecule has 2 aromatic carbocycles. The Bertz CT molecular complexity index is 1200. The maximum Gasteiger partial charge on any atom is 0.242 e. The van der Waals surface area contributed by atoms with Crippen molar-refractivity contribution in [3.8, 4) is 0 Å². The predicted molar refractivity (Wildman–Crippen MR) is 116 cm³/mol. The van der Waals surface area contributed by atoms with E-state index < -0.39 is 15.9 Å². The van der Waals surface area contributed by atoms with Crippen molar-refractivity contribution in [2.24, 2.45) is 5.92 Å². The fourth-order valence-electron chi connectivity index (χ4n) is 3.52. The first-order valence-electron chi connectivity index (χ1n) is 10.0. The topological polar surface area (TPSA) is 121 Å². The van der Waals surface area contributed by atoms with Crippen LogP contribution in [0.5, 0.6) is 0 Å². The van der Waals surface area contributed by atoms with Gasteiger partial charge in [-0.05, 0) is 43.2 Å². The lowest BCUT2D eigenvalue weighted by atomic mass is 10.2. The number of para-hydroxylation sites is 2. The predicted octanol–water partition coefficient (Wildman–Crippen LogP) is 1.89. The molecule has 9 heteroatoms. The molecule has 0 saturated heterocycles. The van der Waals surface area contributed by atoms with Gasteiger partial charge < -0.3 is 15.6 Å². The smallest absolute Gasteiger partial charge is 0.242 e. The molecule has 1 aliphatic rings. The summed E-state index contributed by atoms with van der Waals surface area (Å²) in [6, 6.07) is 13.4. The highest BCUT2D eigenvalue weighted by molar-refractivity contribution is 7.90. The maximum absolute atomic E-state index is 12.5. The van der Waals surface area contributed by atoms with Crippen molar-refractivity contribution in [3.63, 3.8) is 0 Å². The van der Waals surface area contributed by atoms with E-state index in [0.717, 1.165) is 28.7 Å². The number of imidazole rings is 1. The van der Waals surface area contributed by atoms with Gasteiger partial charge in [0.25, 0.3) is 0 Å². The molecule has 8 nitrogen and oxygen atoms in total. The van der Waals surface area contributed by atoms with Crippen LogP contribution in [0, 0.1) is 5.92 Å². The number of aromatic amines is 1. The van der Waals surface area contributed by atoms with Gasteiger partial charge >= 0.3 is 0 Å². The lowest BCUT2D eigenvalue weighted by Gasteiger charge is -2.14. The molecule has 0 radical (unpaired) electrons. The normalized spacial score (nSPS) is 19.0. The van der Waals surface area contributed by atoms with E-state index in [-0.39, 0.29) is 35.1 Å². The zero-order valence-corrected chi connectivity index (χ0v) is 18.1. The Kier molecular flexibility index (Phi) is 5.53. The van der Waals surface area contributed by atoms with Gasteiger partial charge in [-0.15, -0.1) is 0 Å². The van der Waals surface area contributed by atoms with Gasteiger partial charge in [-0.1, -0.05) is 24.3 Å². The van der Waals surface area contributed by atoms with Crippen LogP contribution < -0.4 is 10.6 Å². The molecule has 0 unspecified atom stereocenters. The number of nitrogens with one attached hydrogen (secondary N) is 3. The number of sulfone groups is 1. The molecule has 3 aromatic rings. The highest BCUT2D eigenvalue weighted by Gasteiger charge is 2.46. The van der Waals surface area contributed by atoms with Crippen LogP contribution in [0.4, 0.5) is 0 Å². The Balaban J connectivity index is 1.27. The van der Waals surface area contributed by atoms with Crippen molar-refractivity contribution in [1.82, 2.24) is 20.6 Å². The van der Waals surface area contributed by atoms with Crippen LogP contribution in [0.15, 0.2) is 53.4 Å². The monoisotopic (exact) mass is 440 g/mol.